The summed E-state index contributed by atoms with van der Waals surface area (Å²) >= 11 is 1.54. The van der Waals surface area contributed by atoms with Gasteiger partial charge in [-0.2, -0.15) is 16.9 Å². The molecule has 3 heterocycles. The minimum Gasteiger partial charge on any atom is -0.393 e. The number of hydrogen-bond acceptors (Lipinski definition) is 20. The van der Waals surface area contributed by atoms with Crippen molar-refractivity contribution in [2.24, 2.45) is 85.3 Å². The molecule has 22 N–H and O–H groups in total. The van der Waals surface area contributed by atoms with Crippen molar-refractivity contribution in [2.45, 2.75) is 249 Å². The Balaban J connectivity index is 0.773. The standard InChI is InChI=1S/C91H135N19O15S/c1-53(2)79(80(93)117)108-86(123)72-29-18-42-110(72)88(125)67(27-16-37-97-76(115)51-101-102-52-77(116)98-40-19-39-96-75(114)33-30-54(3)61-31-32-62-78-63(49-74(113)91(61,62)5)90(4)36-34-59(111)47-58(90)48-73(78)112)104-83(120)68(44-55-20-9-7-10-21-55)105-84(121)70(46-57-50-100-65-25-14-13-24-60(57)65)106-81(118)66(26-15-38-99-89(94)95)103-82(119)69(45-56-22-11-8-12-23-56)107-85(122)71-28-17-41-109(71)87(124)64(92)35-43-126-6/h7-14,20-25,50,52-54,58-59,61-64,66-74,78-79,100-101,111-113H,15-19,26-49,51,92H2,1-6H3,(H2,93,117)(H,96,114)(H,97,115)(H,98,116)(H,103,119)(H,104,120)(H,105,121)(H,106,118)(H,107,122)(H,108,123)(H4,94,95,99)/b102-52+/t54-,58+,59-,61-,62+,63+,64+,66+,67+,68+,69-,70-,71+,72+,73-,74+,78+,79+,90+,91-/m1/s1. The fourth-order valence-corrected chi connectivity index (χ4v) is 21.1. The Labute approximate surface area is 742 Å². The minimum absolute atomic E-state index is 0.0188. The molecule has 20 atom stereocenters. The van der Waals surface area contributed by atoms with Crippen LogP contribution in [0.25, 0.3) is 10.9 Å². The van der Waals surface area contributed by atoms with Crippen LogP contribution in [0.4, 0.5) is 0 Å². The third-order valence-electron chi connectivity index (χ3n) is 27.5. The van der Waals surface area contributed by atoms with Crippen LogP contribution < -0.4 is 76.2 Å². The van der Waals surface area contributed by atoms with E-state index in [9.17, 15) is 53.7 Å². The van der Waals surface area contributed by atoms with Gasteiger partial charge in [0.15, 0.2) is 5.96 Å². The van der Waals surface area contributed by atoms with E-state index < -0.39 is 132 Å². The molecule has 0 radical (unpaired) electrons. The quantitative estimate of drug-likeness (QED) is 0.0130. The number of carbonyl (C=O) groups is 12. The first-order valence-corrected chi connectivity index (χ1v) is 46.5. The number of thioether (sulfide) groups is 1. The maximum absolute atomic E-state index is 15.5. The molecule has 3 aromatic carbocycles. The summed E-state index contributed by atoms with van der Waals surface area (Å²) in [5.74, 6) is -6.51. The molecule has 10 rings (SSSR count). The number of fused-ring (bicyclic) bond motifs is 6. The zero-order valence-electron chi connectivity index (χ0n) is 73.7. The molecule has 6 aliphatic rings. The molecule has 2 aliphatic heterocycles. The van der Waals surface area contributed by atoms with Gasteiger partial charge in [-0.15, -0.1) is 0 Å². The van der Waals surface area contributed by atoms with E-state index >= 15 is 19.2 Å². The largest absolute Gasteiger partial charge is 0.393 e. The van der Waals surface area contributed by atoms with Crippen LogP contribution in [0.15, 0.2) is 101 Å². The number of carbonyl (C=O) groups excluding carboxylic acids is 12. The average molecular weight is 1770 g/mol. The molecule has 4 saturated carbocycles. The fraction of sp³-hybridized carbons (Fsp3) is 0.626. The lowest BCUT2D eigenvalue weighted by molar-refractivity contribution is -0.207. The van der Waals surface area contributed by atoms with Gasteiger partial charge in [0.1, 0.15) is 61.1 Å². The topological polar surface area (TPSA) is 537 Å². The van der Waals surface area contributed by atoms with E-state index in [4.69, 9.17) is 22.9 Å². The van der Waals surface area contributed by atoms with E-state index in [0.29, 0.717) is 104 Å². The second-order valence-electron chi connectivity index (χ2n) is 36.2. The monoisotopic (exact) mass is 1770 g/mol. The lowest BCUT2D eigenvalue weighted by Crippen LogP contribution is -2.62. The molecule has 34 nitrogen and oxygen atoms in total. The Hall–Kier alpha value is -10.2. The summed E-state index contributed by atoms with van der Waals surface area (Å²) in [4.78, 5) is 181. The lowest BCUT2D eigenvalue weighted by atomic mass is 9.43. The third kappa shape index (κ3) is 25.8. The summed E-state index contributed by atoms with van der Waals surface area (Å²) in [5, 5.41) is 64.4. The van der Waals surface area contributed by atoms with E-state index in [2.05, 4.69) is 89.1 Å². The van der Waals surface area contributed by atoms with Crippen molar-refractivity contribution in [3.8, 4) is 0 Å². The molecule has 0 unspecified atom stereocenters. The average Bonchev–Trinajstić information content (AvgIpc) is 1.42. The van der Waals surface area contributed by atoms with Gasteiger partial charge in [-0.05, 0) is 203 Å². The van der Waals surface area contributed by atoms with Crippen molar-refractivity contribution in [1.29, 1.82) is 0 Å². The van der Waals surface area contributed by atoms with Crippen LogP contribution in [0.2, 0.25) is 0 Å². The van der Waals surface area contributed by atoms with Crippen molar-refractivity contribution in [3.05, 3.63) is 108 Å². The highest BCUT2D eigenvalue weighted by Gasteiger charge is 2.66. The number of hydrazone groups is 1. The molecule has 6 fully saturated rings. The number of likely N-dealkylation sites (tertiary alicyclic amines) is 2. The van der Waals surface area contributed by atoms with Crippen LogP contribution in [-0.2, 0) is 76.8 Å². The van der Waals surface area contributed by atoms with Gasteiger partial charge in [-0.1, -0.05) is 113 Å². The third-order valence-corrected chi connectivity index (χ3v) is 28.1. The first kappa shape index (κ1) is 98.0. The van der Waals surface area contributed by atoms with Gasteiger partial charge in [0.05, 0.1) is 24.4 Å². The normalized spacial score (nSPS) is 25.0. The number of primary amides is 1. The summed E-state index contributed by atoms with van der Waals surface area (Å²) in [6.45, 7) is 10.6. The predicted octanol–water partition coefficient (Wildman–Crippen LogP) is 1.83. The molecule has 126 heavy (non-hydrogen) atoms. The first-order valence-electron chi connectivity index (χ1n) is 45.1. The molecule has 0 bridgehead atoms. The number of hydrogen-bond donors (Lipinski definition) is 18. The van der Waals surface area contributed by atoms with Crippen LogP contribution in [0.3, 0.4) is 0 Å². The first-order chi connectivity index (χ1) is 60.3. The van der Waals surface area contributed by atoms with E-state index in [1.807, 2.05) is 24.5 Å². The summed E-state index contributed by atoms with van der Waals surface area (Å²) in [7, 11) is 0. The van der Waals surface area contributed by atoms with Crippen LogP contribution in [0.1, 0.15) is 173 Å². The van der Waals surface area contributed by atoms with Gasteiger partial charge in [0, 0.05) is 82.1 Å². The number of aliphatic hydroxyl groups is 3. The van der Waals surface area contributed by atoms with Gasteiger partial charge < -0.3 is 106 Å². The van der Waals surface area contributed by atoms with E-state index in [-0.39, 0.29) is 161 Å². The molecule has 4 aromatic rings. The molecule has 2 saturated heterocycles. The van der Waals surface area contributed by atoms with E-state index in [1.54, 1.807) is 86.8 Å². The Morgan fingerprint density at radius 2 is 1.17 bits per heavy atom. The molecular formula is C91H135N19O15S. The van der Waals surface area contributed by atoms with Gasteiger partial charge >= 0.3 is 0 Å². The smallest absolute Gasteiger partial charge is 0.264 e. The number of guanidine groups is 1. The zero-order chi connectivity index (χ0) is 90.9. The second-order valence-corrected chi connectivity index (χ2v) is 37.2. The number of aliphatic imine (C=N–C) groups is 1. The molecular weight excluding hydrogens is 1630 g/mol. The number of nitrogens with two attached hydrogens (primary N) is 4. The van der Waals surface area contributed by atoms with Gasteiger partial charge in [0.2, 0.25) is 65.0 Å². The fourth-order valence-electron chi connectivity index (χ4n) is 20.6. The number of nitrogens with one attached hydrogen (secondary N) is 11. The summed E-state index contributed by atoms with van der Waals surface area (Å²) < 4.78 is 0. The van der Waals surface area contributed by atoms with E-state index in [1.165, 1.54) is 21.6 Å². The van der Waals surface area contributed by atoms with Crippen molar-refractivity contribution in [2.75, 3.05) is 57.8 Å². The molecule has 4 aliphatic carbocycles. The second kappa shape index (κ2) is 46.5. The minimum atomic E-state index is -1.50. The Kier molecular flexibility index (Phi) is 36.1. The molecule has 0 spiro atoms. The summed E-state index contributed by atoms with van der Waals surface area (Å²) in [6.07, 6.45) is 11.6. The molecule has 12 amide bonds. The van der Waals surface area contributed by atoms with Crippen LogP contribution >= 0.6 is 11.8 Å². The maximum atomic E-state index is 15.5. The summed E-state index contributed by atoms with van der Waals surface area (Å²) in [6, 6.07) is 13.8. The predicted molar refractivity (Wildman–Crippen MR) is 480 cm³/mol. The van der Waals surface area contributed by atoms with Crippen molar-refractivity contribution >= 4 is 106 Å². The number of aromatic nitrogens is 1. The van der Waals surface area contributed by atoms with Crippen molar-refractivity contribution in [1.82, 2.24) is 68.1 Å². The Bertz CT molecular complexity index is 4440. The highest BCUT2D eigenvalue weighted by molar-refractivity contribution is 7.98. The lowest BCUT2D eigenvalue weighted by Gasteiger charge is -2.63. The molecule has 35 heteroatoms. The number of amides is 12. The Morgan fingerprint density at radius 3 is 1.82 bits per heavy atom. The van der Waals surface area contributed by atoms with Crippen molar-refractivity contribution < 1.29 is 72.9 Å². The van der Waals surface area contributed by atoms with Crippen LogP contribution in [-0.4, -0.2) is 244 Å². The van der Waals surface area contributed by atoms with Crippen molar-refractivity contribution in [3.63, 3.8) is 0 Å². The Morgan fingerprint density at radius 1 is 0.603 bits per heavy atom. The van der Waals surface area contributed by atoms with Gasteiger partial charge in [-0.3, -0.25) is 62.5 Å². The van der Waals surface area contributed by atoms with Gasteiger partial charge in [-0.25, -0.2) is 0 Å². The van der Waals surface area contributed by atoms with Crippen LogP contribution in [0, 0.1) is 52.3 Å². The highest BCUT2D eigenvalue weighted by Crippen LogP contribution is 2.68. The van der Waals surface area contributed by atoms with Gasteiger partial charge in [0.25, 0.3) is 5.91 Å². The zero-order valence-corrected chi connectivity index (χ0v) is 74.5. The summed E-state index contributed by atoms with van der Waals surface area (Å²) in [5.41, 5.74) is 28.2. The number of aromatic amines is 1. The number of aliphatic hydroxyl groups excluding tert-OH is 3. The number of H-pyrrole nitrogens is 1. The molecule has 690 valence electrons. The maximum Gasteiger partial charge on any atom is 0.264 e. The number of benzene rings is 3. The van der Waals surface area contributed by atoms with Crippen LogP contribution in [0.5, 0.6) is 0 Å². The number of nitrogens with zero attached hydrogens (tertiary/aromatic N) is 4. The van der Waals surface area contributed by atoms with E-state index in [0.717, 1.165) is 31.9 Å². The number of para-hydroxylation sites is 1. The number of rotatable bonds is 45. The molecule has 1 aromatic heterocycles. The SMILES string of the molecule is CSCC[C@H](N)C(=O)N1CCC[C@H]1C(=O)N[C@H](Cc1ccccc1)C(=O)N[C@@H](CCCN=C(N)N)C(=O)N[C@H](Cc1c[nH]c2ccccc12)C(=O)N[C@@H](Cc1ccccc1)C(=O)N[C@@H](CCCNC(=O)CN/N=C/C(=O)NCCCNC(=O)CC[C@@H](C)[C@H]1CC[C@H]2[C@@H]3[C@H](O)C[C@@H]4C[C@H](O)CC[C@]4(C)[C@H]3C[C@H](O)[C@]12C)C(=O)N1CCC[C@H]1C(=O)N[C@H](C(N)=O)C(C)C. The highest BCUT2D eigenvalue weighted by atomic mass is 32.2.